The van der Waals surface area contributed by atoms with Crippen molar-refractivity contribution in [3.8, 4) is 0 Å². The summed E-state index contributed by atoms with van der Waals surface area (Å²) < 4.78 is 28.7. The number of nitrogens with one attached hydrogen (secondary N) is 1. The molecule has 1 N–H and O–H groups in total. The van der Waals surface area contributed by atoms with Crippen LogP contribution in [0.15, 0.2) is 4.52 Å². The van der Waals surface area contributed by atoms with Gasteiger partial charge >= 0.3 is 6.43 Å². The molecule has 0 radical (unpaired) electrons. The van der Waals surface area contributed by atoms with E-state index in [1.807, 2.05) is 0 Å². The summed E-state index contributed by atoms with van der Waals surface area (Å²) in [5.74, 6) is 0.245. The smallest absolute Gasteiger partial charge is 0.315 e. The highest BCUT2D eigenvalue weighted by atomic mass is 19.3. The Kier molecular flexibility index (Phi) is 3.25. The average molecular weight is 217 g/mol. The van der Waals surface area contributed by atoms with Gasteiger partial charge in [-0.3, -0.25) is 0 Å². The van der Waals surface area contributed by atoms with Crippen LogP contribution in [0, 0.1) is 5.92 Å². The number of piperidine rings is 1. The van der Waals surface area contributed by atoms with Gasteiger partial charge in [-0.2, -0.15) is 13.8 Å². The first kappa shape index (κ1) is 10.5. The molecule has 84 valence electrons. The summed E-state index contributed by atoms with van der Waals surface area (Å²) in [5, 5.41) is 6.79. The predicted molar refractivity (Wildman–Crippen MR) is 48.6 cm³/mol. The summed E-state index contributed by atoms with van der Waals surface area (Å²) in [6.45, 7) is 1.93. The van der Waals surface area contributed by atoms with E-state index in [2.05, 4.69) is 20.0 Å². The van der Waals surface area contributed by atoms with Crippen molar-refractivity contribution < 1.29 is 13.3 Å². The minimum Gasteiger partial charge on any atom is -0.333 e. The van der Waals surface area contributed by atoms with E-state index >= 15 is 0 Å². The minimum atomic E-state index is -2.67. The number of aromatic nitrogens is 2. The first-order valence-corrected chi connectivity index (χ1v) is 5.07. The van der Waals surface area contributed by atoms with Crippen LogP contribution >= 0.6 is 0 Å². The maximum absolute atomic E-state index is 12.2. The molecule has 1 atom stereocenters. The maximum atomic E-state index is 12.2. The molecule has 1 aliphatic rings. The van der Waals surface area contributed by atoms with E-state index in [0.29, 0.717) is 18.2 Å². The van der Waals surface area contributed by atoms with Gasteiger partial charge in [0.25, 0.3) is 5.89 Å². The largest absolute Gasteiger partial charge is 0.333 e. The zero-order chi connectivity index (χ0) is 10.7. The lowest BCUT2D eigenvalue weighted by atomic mass is 9.96. The van der Waals surface area contributed by atoms with Crippen molar-refractivity contribution in [3.05, 3.63) is 11.7 Å². The molecule has 2 rings (SSSR count). The molecule has 15 heavy (non-hydrogen) atoms. The quantitative estimate of drug-likeness (QED) is 0.834. The first-order chi connectivity index (χ1) is 7.25. The topological polar surface area (TPSA) is 51.0 Å². The predicted octanol–water partition coefficient (Wildman–Crippen LogP) is 1.55. The van der Waals surface area contributed by atoms with Gasteiger partial charge in [0, 0.05) is 6.42 Å². The Morgan fingerprint density at radius 2 is 2.40 bits per heavy atom. The van der Waals surface area contributed by atoms with Crippen LogP contribution in [0.25, 0.3) is 0 Å². The highest BCUT2D eigenvalue weighted by Crippen LogP contribution is 2.18. The van der Waals surface area contributed by atoms with Crippen molar-refractivity contribution >= 4 is 0 Å². The van der Waals surface area contributed by atoms with Gasteiger partial charge in [-0.1, -0.05) is 5.16 Å². The van der Waals surface area contributed by atoms with E-state index in [1.54, 1.807) is 0 Å². The molecule has 6 heteroatoms. The van der Waals surface area contributed by atoms with Crippen molar-refractivity contribution in [2.24, 2.45) is 5.92 Å². The highest BCUT2D eigenvalue weighted by molar-refractivity contribution is 4.90. The molecule has 1 fully saturated rings. The van der Waals surface area contributed by atoms with Crippen molar-refractivity contribution in [1.82, 2.24) is 15.5 Å². The van der Waals surface area contributed by atoms with Gasteiger partial charge in [0.15, 0.2) is 5.82 Å². The van der Waals surface area contributed by atoms with Gasteiger partial charge in [-0.05, 0) is 31.8 Å². The Labute approximate surface area is 86.0 Å². The lowest BCUT2D eigenvalue weighted by Crippen LogP contribution is -2.31. The van der Waals surface area contributed by atoms with E-state index < -0.39 is 12.3 Å². The Hall–Kier alpha value is -1.04. The fourth-order valence-electron chi connectivity index (χ4n) is 1.80. The second kappa shape index (κ2) is 4.65. The third-order valence-corrected chi connectivity index (χ3v) is 2.54. The van der Waals surface area contributed by atoms with Crippen LogP contribution in [0.5, 0.6) is 0 Å². The molecule has 1 aliphatic heterocycles. The number of nitrogens with zero attached hydrogens (tertiary/aromatic N) is 2. The van der Waals surface area contributed by atoms with E-state index in [4.69, 9.17) is 0 Å². The van der Waals surface area contributed by atoms with Crippen LogP contribution in [0.2, 0.25) is 0 Å². The number of rotatable bonds is 3. The molecule has 0 amide bonds. The standard InChI is InChI=1S/C9H13F2N3O/c10-8(11)9-13-7(14-15-9)4-6-2-1-3-12-5-6/h6,8,12H,1-5H2. The third kappa shape index (κ3) is 2.71. The van der Waals surface area contributed by atoms with E-state index in [1.165, 1.54) is 0 Å². The van der Waals surface area contributed by atoms with Crippen LogP contribution in [0.3, 0.4) is 0 Å². The van der Waals surface area contributed by atoms with Crippen LogP contribution in [0.1, 0.15) is 31.0 Å². The zero-order valence-corrected chi connectivity index (χ0v) is 8.25. The number of hydrogen-bond donors (Lipinski definition) is 1. The first-order valence-electron chi connectivity index (χ1n) is 5.07. The number of alkyl halides is 2. The van der Waals surface area contributed by atoms with Crippen molar-refractivity contribution in [2.75, 3.05) is 13.1 Å². The van der Waals surface area contributed by atoms with Crippen LogP contribution in [-0.2, 0) is 6.42 Å². The highest BCUT2D eigenvalue weighted by Gasteiger charge is 2.20. The molecular formula is C9H13F2N3O. The fraction of sp³-hybridized carbons (Fsp3) is 0.778. The Bertz CT molecular complexity index is 310. The molecule has 0 bridgehead atoms. The summed E-state index contributed by atoms with van der Waals surface area (Å²) in [6.07, 6.45) is 0.148. The van der Waals surface area contributed by atoms with Gasteiger partial charge in [-0.15, -0.1) is 0 Å². The summed E-state index contributed by atoms with van der Waals surface area (Å²) in [7, 11) is 0. The molecule has 4 nitrogen and oxygen atoms in total. The van der Waals surface area contributed by atoms with Crippen molar-refractivity contribution in [1.29, 1.82) is 0 Å². The van der Waals surface area contributed by atoms with Crippen LogP contribution < -0.4 is 5.32 Å². The summed E-state index contributed by atoms with van der Waals surface area (Å²) in [6, 6.07) is 0. The number of halogens is 2. The lowest BCUT2D eigenvalue weighted by Gasteiger charge is -2.20. The van der Waals surface area contributed by atoms with Crippen molar-refractivity contribution in [2.45, 2.75) is 25.7 Å². The van der Waals surface area contributed by atoms with Gasteiger partial charge in [0.05, 0.1) is 0 Å². The van der Waals surface area contributed by atoms with E-state index in [-0.39, 0.29) is 0 Å². The SMILES string of the molecule is FC(F)c1nc(CC2CCCNC2)no1. The Morgan fingerprint density at radius 1 is 1.53 bits per heavy atom. The minimum absolute atomic E-state index is 0.388. The normalized spacial score (nSPS) is 22.2. The van der Waals surface area contributed by atoms with Crippen molar-refractivity contribution in [3.63, 3.8) is 0 Å². The molecule has 1 saturated heterocycles. The van der Waals surface area contributed by atoms with E-state index in [0.717, 1.165) is 25.9 Å². The Morgan fingerprint density at radius 3 is 3.00 bits per heavy atom. The summed E-state index contributed by atoms with van der Waals surface area (Å²) in [4.78, 5) is 3.65. The molecule has 2 heterocycles. The monoisotopic (exact) mass is 217 g/mol. The fourth-order valence-corrected chi connectivity index (χ4v) is 1.80. The molecular weight excluding hydrogens is 204 g/mol. The third-order valence-electron chi connectivity index (χ3n) is 2.54. The maximum Gasteiger partial charge on any atom is 0.315 e. The molecule has 1 aromatic heterocycles. The molecule has 0 aromatic carbocycles. The molecule has 1 aromatic rings. The van der Waals surface area contributed by atoms with Gasteiger partial charge in [-0.25, -0.2) is 0 Å². The van der Waals surface area contributed by atoms with Crippen LogP contribution in [-0.4, -0.2) is 23.2 Å². The molecule has 1 unspecified atom stereocenters. The second-order valence-electron chi connectivity index (χ2n) is 3.77. The van der Waals surface area contributed by atoms with Gasteiger partial charge in [0.1, 0.15) is 0 Å². The average Bonchev–Trinajstić information content (AvgIpc) is 2.68. The lowest BCUT2D eigenvalue weighted by molar-refractivity contribution is 0.106. The number of hydrogen-bond acceptors (Lipinski definition) is 4. The summed E-state index contributed by atoms with van der Waals surface area (Å²) in [5.41, 5.74) is 0. The van der Waals surface area contributed by atoms with Crippen LogP contribution in [0.4, 0.5) is 8.78 Å². The van der Waals surface area contributed by atoms with E-state index in [9.17, 15) is 8.78 Å². The Balaban J connectivity index is 1.91. The van der Waals surface area contributed by atoms with Gasteiger partial charge < -0.3 is 9.84 Å². The van der Waals surface area contributed by atoms with Gasteiger partial charge in [0.2, 0.25) is 0 Å². The molecule has 0 aliphatic carbocycles. The second-order valence-corrected chi connectivity index (χ2v) is 3.77. The summed E-state index contributed by atoms with van der Waals surface area (Å²) >= 11 is 0. The molecule has 0 saturated carbocycles. The molecule has 0 spiro atoms. The zero-order valence-electron chi connectivity index (χ0n) is 8.25.